The Hall–Kier alpha value is -3.22. The van der Waals surface area contributed by atoms with Gasteiger partial charge in [0.25, 0.3) is 5.91 Å². The van der Waals surface area contributed by atoms with Crippen LogP contribution in [-0.2, 0) is 15.1 Å². The average Bonchev–Trinajstić information content (AvgIpc) is 2.90. The molecule has 1 aliphatic heterocycles. The van der Waals surface area contributed by atoms with E-state index in [1.807, 2.05) is 26.0 Å². The number of imide groups is 1. The molecular weight excluding hydrogens is 361 g/mol. The number of nitrogens with one attached hydrogen (secondary N) is 2. The quantitative estimate of drug-likeness (QED) is 0.778. The van der Waals surface area contributed by atoms with Crippen LogP contribution in [0.15, 0.2) is 42.5 Å². The largest absolute Gasteiger partial charge is 0.325 e. The lowest BCUT2D eigenvalue weighted by molar-refractivity contribution is -0.134. The standard InChI is InChI=1S/C21H22FN3O3/c1-4-21(15-6-8-16(22)9-7-15)19(27)25(20(28)24-21)12-18(26)23-17-10-5-13(2)14(3)11-17/h5-11H,4,12H2,1-3H3,(H,23,26)(H,24,28)/t21-/m0/s1. The van der Waals surface area contributed by atoms with Crippen molar-refractivity contribution in [1.82, 2.24) is 10.2 Å². The highest BCUT2D eigenvalue weighted by atomic mass is 19.1. The van der Waals surface area contributed by atoms with Crippen molar-refractivity contribution in [2.45, 2.75) is 32.7 Å². The number of aryl methyl sites for hydroxylation is 2. The number of urea groups is 1. The number of anilines is 1. The number of hydrogen-bond donors (Lipinski definition) is 2. The van der Waals surface area contributed by atoms with Crippen LogP contribution in [0.3, 0.4) is 0 Å². The number of carbonyl (C=O) groups is 3. The maximum atomic E-state index is 13.2. The highest BCUT2D eigenvalue weighted by Crippen LogP contribution is 2.32. The predicted molar refractivity (Wildman–Crippen MR) is 103 cm³/mol. The number of carbonyl (C=O) groups excluding carboxylic acids is 3. The monoisotopic (exact) mass is 383 g/mol. The van der Waals surface area contributed by atoms with Gasteiger partial charge in [-0.05, 0) is 61.2 Å². The number of nitrogens with zero attached hydrogens (tertiary/aromatic N) is 1. The minimum absolute atomic E-state index is 0.276. The van der Waals surface area contributed by atoms with Crippen molar-refractivity contribution in [1.29, 1.82) is 0 Å². The summed E-state index contributed by atoms with van der Waals surface area (Å²) in [6.45, 7) is 5.25. The smallest absolute Gasteiger partial charge is 0.325 e. The van der Waals surface area contributed by atoms with Crippen LogP contribution in [-0.4, -0.2) is 29.3 Å². The van der Waals surface area contributed by atoms with Gasteiger partial charge in [0.05, 0.1) is 0 Å². The van der Waals surface area contributed by atoms with E-state index in [0.717, 1.165) is 16.0 Å². The Balaban J connectivity index is 1.78. The fourth-order valence-corrected chi connectivity index (χ4v) is 3.31. The summed E-state index contributed by atoms with van der Waals surface area (Å²) in [7, 11) is 0. The molecule has 0 bridgehead atoms. The number of rotatable bonds is 5. The van der Waals surface area contributed by atoms with Gasteiger partial charge in [-0.15, -0.1) is 0 Å². The van der Waals surface area contributed by atoms with Crippen molar-refractivity contribution < 1.29 is 18.8 Å². The molecule has 7 heteroatoms. The maximum Gasteiger partial charge on any atom is 0.325 e. The summed E-state index contributed by atoms with van der Waals surface area (Å²) in [6, 6.07) is 10.2. The SMILES string of the molecule is CC[C@@]1(c2ccc(F)cc2)NC(=O)N(CC(=O)Nc2ccc(C)c(C)c2)C1=O. The van der Waals surface area contributed by atoms with Gasteiger partial charge in [0.1, 0.15) is 17.9 Å². The summed E-state index contributed by atoms with van der Waals surface area (Å²) in [5.74, 6) is -1.43. The second-order valence-corrected chi connectivity index (χ2v) is 6.93. The van der Waals surface area contributed by atoms with E-state index >= 15 is 0 Å². The molecule has 0 aliphatic carbocycles. The van der Waals surface area contributed by atoms with Crippen LogP contribution in [0.25, 0.3) is 0 Å². The van der Waals surface area contributed by atoms with Gasteiger partial charge in [0.15, 0.2) is 0 Å². The molecule has 146 valence electrons. The van der Waals surface area contributed by atoms with Crippen molar-refractivity contribution >= 4 is 23.5 Å². The number of halogens is 1. The fraction of sp³-hybridized carbons (Fsp3) is 0.286. The van der Waals surface area contributed by atoms with Crippen molar-refractivity contribution in [2.24, 2.45) is 0 Å². The Morgan fingerprint density at radius 3 is 2.39 bits per heavy atom. The van der Waals surface area contributed by atoms with Crippen LogP contribution < -0.4 is 10.6 Å². The molecular formula is C21H22FN3O3. The van der Waals surface area contributed by atoms with Crippen LogP contribution in [0, 0.1) is 19.7 Å². The molecule has 1 heterocycles. The third kappa shape index (κ3) is 3.47. The molecule has 2 aromatic carbocycles. The van der Waals surface area contributed by atoms with E-state index in [2.05, 4.69) is 10.6 Å². The molecule has 2 aromatic rings. The maximum absolute atomic E-state index is 13.2. The Morgan fingerprint density at radius 1 is 1.11 bits per heavy atom. The predicted octanol–water partition coefficient (Wildman–Crippen LogP) is 3.24. The lowest BCUT2D eigenvalue weighted by atomic mass is 9.87. The molecule has 0 aromatic heterocycles. The summed E-state index contributed by atoms with van der Waals surface area (Å²) in [5, 5.41) is 5.38. The third-order valence-electron chi connectivity index (χ3n) is 5.14. The van der Waals surface area contributed by atoms with E-state index in [1.165, 1.54) is 24.3 Å². The van der Waals surface area contributed by atoms with E-state index in [0.29, 0.717) is 11.3 Å². The van der Waals surface area contributed by atoms with Crippen LogP contribution in [0.4, 0.5) is 14.9 Å². The molecule has 0 radical (unpaired) electrons. The van der Waals surface area contributed by atoms with Crippen LogP contribution >= 0.6 is 0 Å². The Morgan fingerprint density at radius 2 is 1.79 bits per heavy atom. The first-order valence-corrected chi connectivity index (χ1v) is 9.04. The summed E-state index contributed by atoms with van der Waals surface area (Å²) in [6.07, 6.45) is 0.276. The summed E-state index contributed by atoms with van der Waals surface area (Å²) in [4.78, 5) is 38.7. The normalized spacial score (nSPS) is 18.9. The average molecular weight is 383 g/mol. The number of benzene rings is 2. The van der Waals surface area contributed by atoms with Gasteiger partial charge < -0.3 is 10.6 Å². The van der Waals surface area contributed by atoms with Crippen LogP contribution in [0.5, 0.6) is 0 Å². The molecule has 0 spiro atoms. The van der Waals surface area contributed by atoms with Gasteiger partial charge in [0.2, 0.25) is 5.91 Å². The van der Waals surface area contributed by atoms with Gasteiger partial charge >= 0.3 is 6.03 Å². The first-order valence-electron chi connectivity index (χ1n) is 9.04. The molecule has 3 rings (SSSR count). The van der Waals surface area contributed by atoms with Crippen molar-refractivity contribution in [2.75, 3.05) is 11.9 Å². The zero-order valence-corrected chi connectivity index (χ0v) is 16.0. The van der Waals surface area contributed by atoms with Crippen LogP contribution in [0.2, 0.25) is 0 Å². The summed E-state index contributed by atoms with van der Waals surface area (Å²) < 4.78 is 13.2. The molecule has 4 amide bonds. The topological polar surface area (TPSA) is 78.5 Å². The van der Waals surface area contributed by atoms with Crippen LogP contribution in [0.1, 0.15) is 30.0 Å². The third-order valence-corrected chi connectivity index (χ3v) is 5.14. The van der Waals surface area contributed by atoms with Gasteiger partial charge in [-0.3, -0.25) is 14.5 Å². The van der Waals surface area contributed by atoms with E-state index in [9.17, 15) is 18.8 Å². The lowest BCUT2D eigenvalue weighted by Crippen LogP contribution is -2.44. The second kappa shape index (κ2) is 7.42. The van der Waals surface area contributed by atoms with E-state index in [1.54, 1.807) is 13.0 Å². The molecule has 1 fully saturated rings. The zero-order valence-electron chi connectivity index (χ0n) is 16.0. The van der Waals surface area contributed by atoms with E-state index < -0.39 is 35.7 Å². The zero-order chi connectivity index (χ0) is 20.5. The van der Waals surface area contributed by atoms with Gasteiger partial charge in [0, 0.05) is 5.69 Å². The minimum Gasteiger partial charge on any atom is -0.325 e. The van der Waals surface area contributed by atoms with Crippen molar-refractivity contribution in [3.8, 4) is 0 Å². The molecule has 0 unspecified atom stereocenters. The number of amides is 4. The molecule has 1 atom stereocenters. The first kappa shape index (κ1) is 19.5. The Kier molecular flexibility index (Phi) is 5.18. The molecule has 1 saturated heterocycles. The second-order valence-electron chi connectivity index (χ2n) is 6.93. The highest BCUT2D eigenvalue weighted by molar-refractivity contribution is 6.10. The Labute approximate surface area is 162 Å². The van der Waals surface area contributed by atoms with E-state index in [4.69, 9.17) is 0 Å². The highest BCUT2D eigenvalue weighted by Gasteiger charge is 2.51. The van der Waals surface area contributed by atoms with Gasteiger partial charge in [-0.2, -0.15) is 0 Å². The van der Waals surface area contributed by atoms with Gasteiger partial charge in [-0.1, -0.05) is 25.1 Å². The first-order chi connectivity index (χ1) is 13.3. The van der Waals surface area contributed by atoms with Crippen molar-refractivity contribution in [3.05, 3.63) is 65.0 Å². The van der Waals surface area contributed by atoms with Crippen molar-refractivity contribution in [3.63, 3.8) is 0 Å². The summed E-state index contributed by atoms with van der Waals surface area (Å²) in [5.41, 5.74) is 1.89. The number of hydrogen-bond acceptors (Lipinski definition) is 3. The Bertz CT molecular complexity index is 942. The molecule has 0 saturated carbocycles. The lowest BCUT2D eigenvalue weighted by Gasteiger charge is -2.25. The van der Waals surface area contributed by atoms with Gasteiger partial charge in [-0.25, -0.2) is 9.18 Å². The fourth-order valence-electron chi connectivity index (χ4n) is 3.31. The summed E-state index contributed by atoms with van der Waals surface area (Å²) >= 11 is 0. The minimum atomic E-state index is -1.30. The molecule has 6 nitrogen and oxygen atoms in total. The molecule has 28 heavy (non-hydrogen) atoms. The molecule has 1 aliphatic rings. The van der Waals surface area contributed by atoms with E-state index in [-0.39, 0.29) is 6.42 Å². The molecule has 2 N–H and O–H groups in total.